The fraction of sp³-hybridized carbons (Fsp3) is 0.412. The predicted octanol–water partition coefficient (Wildman–Crippen LogP) is 3.13. The van der Waals surface area contributed by atoms with Gasteiger partial charge in [-0.3, -0.25) is 4.79 Å². The second kappa shape index (κ2) is 7.45. The minimum Gasteiger partial charge on any atom is -0.382 e. The van der Waals surface area contributed by atoms with E-state index >= 15 is 0 Å². The van der Waals surface area contributed by atoms with E-state index in [2.05, 4.69) is 22.1 Å². The quantitative estimate of drug-likeness (QED) is 0.796. The van der Waals surface area contributed by atoms with Crippen LogP contribution in [-0.2, 0) is 0 Å². The Morgan fingerprint density at radius 1 is 1.36 bits per heavy atom. The lowest BCUT2D eigenvalue weighted by molar-refractivity contribution is 0.103. The Bertz CT molecular complexity index is 752. The number of piperidine rings is 1. The number of nitrogens with zero attached hydrogens (tertiary/aromatic N) is 2. The van der Waals surface area contributed by atoms with Gasteiger partial charge in [0.2, 0.25) is 5.78 Å². The molecule has 0 bridgehead atoms. The van der Waals surface area contributed by atoms with Crippen molar-refractivity contribution < 1.29 is 13.6 Å². The highest BCUT2D eigenvalue weighted by Gasteiger charge is 2.25. The number of nitrogen functional groups attached to an aromatic ring is 1. The highest BCUT2D eigenvalue weighted by Crippen LogP contribution is 2.30. The van der Waals surface area contributed by atoms with Crippen LogP contribution < -0.4 is 11.1 Å². The van der Waals surface area contributed by atoms with Crippen LogP contribution in [0.25, 0.3) is 0 Å². The number of ketones is 1. The predicted molar refractivity (Wildman–Crippen MR) is 95.1 cm³/mol. The average Bonchev–Trinajstić information content (AvgIpc) is 2.95. The molecule has 0 atom stereocenters. The maximum atomic E-state index is 13.8. The molecule has 0 unspecified atom stereocenters. The maximum Gasteiger partial charge on any atom is 0.212 e. The van der Waals surface area contributed by atoms with Gasteiger partial charge in [-0.25, -0.2) is 13.8 Å². The Morgan fingerprint density at radius 2 is 2.00 bits per heavy atom. The first-order chi connectivity index (χ1) is 12.0. The van der Waals surface area contributed by atoms with Crippen LogP contribution in [0.15, 0.2) is 18.2 Å². The van der Waals surface area contributed by atoms with Crippen molar-refractivity contribution in [3.8, 4) is 0 Å². The van der Waals surface area contributed by atoms with Crippen molar-refractivity contribution in [3.05, 3.63) is 40.3 Å². The number of aromatic nitrogens is 1. The van der Waals surface area contributed by atoms with E-state index in [4.69, 9.17) is 5.73 Å². The molecule has 1 saturated heterocycles. The normalized spacial score (nSPS) is 16.1. The molecule has 2 aromatic rings. The molecule has 0 amide bonds. The van der Waals surface area contributed by atoms with Crippen molar-refractivity contribution in [2.45, 2.75) is 25.8 Å². The Morgan fingerprint density at radius 3 is 2.60 bits per heavy atom. The van der Waals surface area contributed by atoms with E-state index in [1.165, 1.54) is 6.07 Å². The number of hydrogen-bond donors (Lipinski definition) is 2. The van der Waals surface area contributed by atoms with E-state index in [9.17, 15) is 13.6 Å². The topological polar surface area (TPSA) is 71.2 Å². The Labute approximate surface area is 148 Å². The summed E-state index contributed by atoms with van der Waals surface area (Å²) < 4.78 is 27.7. The number of halogens is 2. The number of rotatable bonds is 5. The molecular weight excluding hydrogens is 346 g/mol. The number of benzene rings is 1. The van der Waals surface area contributed by atoms with E-state index in [1.54, 1.807) is 0 Å². The minimum atomic E-state index is -0.903. The van der Waals surface area contributed by atoms with Crippen molar-refractivity contribution in [1.82, 2.24) is 9.88 Å². The largest absolute Gasteiger partial charge is 0.382 e. The summed E-state index contributed by atoms with van der Waals surface area (Å²) in [6.45, 7) is 5.17. The van der Waals surface area contributed by atoms with E-state index in [0.29, 0.717) is 5.13 Å². The smallest absolute Gasteiger partial charge is 0.212 e. The molecule has 25 heavy (non-hydrogen) atoms. The van der Waals surface area contributed by atoms with Crippen LogP contribution in [0.4, 0.5) is 19.7 Å². The number of carbonyl (C=O) groups excluding carboxylic acids is 1. The summed E-state index contributed by atoms with van der Waals surface area (Å²) in [6.07, 6.45) is 1.94. The zero-order chi connectivity index (χ0) is 18.0. The lowest BCUT2D eigenvalue weighted by atomic mass is 10.1. The summed E-state index contributed by atoms with van der Waals surface area (Å²) in [4.78, 5) is 19.0. The fourth-order valence-electron chi connectivity index (χ4n) is 2.95. The van der Waals surface area contributed by atoms with Gasteiger partial charge < -0.3 is 16.0 Å². The Balaban J connectivity index is 1.75. The first kappa shape index (κ1) is 17.8. The van der Waals surface area contributed by atoms with Gasteiger partial charge in [0.05, 0.1) is 5.56 Å². The molecule has 134 valence electrons. The SMILES string of the molecule is CCN1CCC(Nc2nc(N)c(C(=O)c3c(F)cccc3F)s2)CC1. The molecule has 1 aliphatic heterocycles. The van der Waals surface area contributed by atoms with Crippen LogP contribution in [0.5, 0.6) is 0 Å². The Kier molecular flexibility index (Phi) is 5.29. The van der Waals surface area contributed by atoms with Gasteiger partial charge in [-0.1, -0.05) is 24.3 Å². The molecule has 0 aliphatic carbocycles. The molecule has 3 N–H and O–H groups in total. The lowest BCUT2D eigenvalue weighted by Crippen LogP contribution is -2.38. The highest BCUT2D eigenvalue weighted by molar-refractivity contribution is 7.18. The molecule has 3 rings (SSSR count). The molecule has 1 aliphatic rings. The number of thiazole rings is 1. The second-order valence-corrected chi connectivity index (χ2v) is 7.01. The number of nitrogens with two attached hydrogens (primary N) is 1. The van der Waals surface area contributed by atoms with Gasteiger partial charge in [0, 0.05) is 19.1 Å². The molecule has 0 radical (unpaired) electrons. The zero-order valence-corrected chi connectivity index (χ0v) is 14.7. The number of likely N-dealkylation sites (tertiary alicyclic amines) is 1. The molecule has 2 heterocycles. The van der Waals surface area contributed by atoms with Crippen molar-refractivity contribution >= 4 is 28.1 Å². The zero-order valence-electron chi connectivity index (χ0n) is 13.9. The summed E-state index contributed by atoms with van der Waals surface area (Å²) in [7, 11) is 0. The van der Waals surface area contributed by atoms with Crippen molar-refractivity contribution in [2.75, 3.05) is 30.7 Å². The first-order valence-electron chi connectivity index (χ1n) is 8.23. The van der Waals surface area contributed by atoms with Crippen LogP contribution in [0.3, 0.4) is 0 Å². The molecular formula is C17H20F2N4OS. The molecule has 1 aromatic carbocycles. The van der Waals surface area contributed by atoms with E-state index in [-0.39, 0.29) is 16.7 Å². The summed E-state index contributed by atoms with van der Waals surface area (Å²) in [5.74, 6) is -2.59. The number of carbonyl (C=O) groups is 1. The fourth-order valence-corrected chi connectivity index (χ4v) is 3.86. The first-order valence-corrected chi connectivity index (χ1v) is 9.05. The molecule has 5 nitrogen and oxygen atoms in total. The monoisotopic (exact) mass is 366 g/mol. The molecule has 1 fully saturated rings. The van der Waals surface area contributed by atoms with Gasteiger partial charge in [-0.2, -0.15) is 0 Å². The standard InChI is InChI=1S/C17H20F2N4OS/c1-2-23-8-6-10(7-9-23)21-17-22-16(20)15(25-17)14(24)13-11(18)4-3-5-12(13)19/h3-5,10H,2,6-9,20H2,1H3,(H,21,22). The van der Waals surface area contributed by atoms with Crippen molar-refractivity contribution in [1.29, 1.82) is 0 Å². The third-order valence-corrected chi connectivity index (χ3v) is 5.41. The third-order valence-electron chi connectivity index (χ3n) is 4.41. The lowest BCUT2D eigenvalue weighted by Gasteiger charge is -2.31. The van der Waals surface area contributed by atoms with Gasteiger partial charge in [-0.15, -0.1) is 0 Å². The Hall–Kier alpha value is -2.06. The van der Waals surface area contributed by atoms with Crippen LogP contribution >= 0.6 is 11.3 Å². The number of hydrogen-bond acceptors (Lipinski definition) is 6. The van der Waals surface area contributed by atoms with Crippen molar-refractivity contribution in [2.24, 2.45) is 0 Å². The van der Waals surface area contributed by atoms with Gasteiger partial charge in [0.15, 0.2) is 5.13 Å². The second-order valence-electron chi connectivity index (χ2n) is 6.01. The number of anilines is 2. The van der Waals surface area contributed by atoms with Gasteiger partial charge in [0.1, 0.15) is 22.3 Å². The maximum absolute atomic E-state index is 13.8. The van der Waals surface area contributed by atoms with Gasteiger partial charge in [-0.05, 0) is 31.5 Å². The summed E-state index contributed by atoms with van der Waals surface area (Å²) in [5.41, 5.74) is 5.22. The van der Waals surface area contributed by atoms with E-state index in [0.717, 1.165) is 55.9 Å². The highest BCUT2D eigenvalue weighted by atomic mass is 32.1. The minimum absolute atomic E-state index is 0.00820. The van der Waals surface area contributed by atoms with Crippen LogP contribution in [-0.4, -0.2) is 41.3 Å². The third kappa shape index (κ3) is 3.80. The molecule has 8 heteroatoms. The van der Waals surface area contributed by atoms with Crippen LogP contribution in [0.1, 0.15) is 35.0 Å². The summed E-state index contributed by atoms with van der Waals surface area (Å²) >= 11 is 1.04. The summed E-state index contributed by atoms with van der Waals surface area (Å²) in [6, 6.07) is 3.57. The average molecular weight is 366 g/mol. The van der Waals surface area contributed by atoms with Gasteiger partial charge >= 0.3 is 0 Å². The summed E-state index contributed by atoms with van der Waals surface area (Å²) in [5, 5.41) is 3.79. The van der Waals surface area contributed by atoms with Gasteiger partial charge in [0.25, 0.3) is 0 Å². The van der Waals surface area contributed by atoms with Crippen molar-refractivity contribution in [3.63, 3.8) is 0 Å². The molecule has 1 aromatic heterocycles. The van der Waals surface area contributed by atoms with Crippen LogP contribution in [0, 0.1) is 11.6 Å². The number of nitrogens with one attached hydrogen (secondary N) is 1. The van der Waals surface area contributed by atoms with E-state index in [1.807, 2.05) is 0 Å². The molecule has 0 spiro atoms. The molecule has 0 saturated carbocycles. The van der Waals surface area contributed by atoms with E-state index < -0.39 is 23.0 Å². The van der Waals surface area contributed by atoms with Crippen LogP contribution in [0.2, 0.25) is 0 Å².